The van der Waals surface area contributed by atoms with Crippen LogP contribution in [0.25, 0.3) is 0 Å². The van der Waals surface area contributed by atoms with Crippen molar-refractivity contribution in [2.24, 2.45) is 0 Å². The molecule has 1 N–H and O–H groups in total. The van der Waals surface area contributed by atoms with Gasteiger partial charge in [0.05, 0.1) is 10.8 Å². The Morgan fingerprint density at radius 1 is 1.27 bits per heavy atom. The van der Waals surface area contributed by atoms with Crippen LogP contribution in [0.2, 0.25) is 0 Å². The summed E-state index contributed by atoms with van der Waals surface area (Å²) >= 11 is 1.27. The Balaban J connectivity index is 1.67. The fourth-order valence-electron chi connectivity index (χ4n) is 2.77. The van der Waals surface area contributed by atoms with E-state index in [4.69, 9.17) is 0 Å². The van der Waals surface area contributed by atoms with Crippen LogP contribution in [0, 0.1) is 0 Å². The number of alkyl halides is 3. The van der Waals surface area contributed by atoms with Gasteiger partial charge in [-0.15, -0.1) is 10.2 Å². The second-order valence-corrected chi connectivity index (χ2v) is 7.50. The number of carbonyl (C=O) groups excluding carboxylic acids is 1. The number of nitrogens with one attached hydrogen (secondary N) is 1. The number of amides is 1. The van der Waals surface area contributed by atoms with E-state index in [1.165, 1.54) is 23.9 Å². The monoisotopic (exact) mass is 384 g/mol. The number of nitrogens with zero attached hydrogens (tertiary/aromatic N) is 3. The van der Waals surface area contributed by atoms with Crippen LogP contribution in [0.3, 0.4) is 0 Å². The fraction of sp³-hybridized carbons (Fsp3) is 0.471. The molecule has 1 atom stereocenters. The molecule has 0 saturated heterocycles. The highest BCUT2D eigenvalue weighted by atomic mass is 32.2. The highest BCUT2D eigenvalue weighted by molar-refractivity contribution is 8.00. The van der Waals surface area contributed by atoms with Gasteiger partial charge in [-0.1, -0.05) is 24.2 Å². The summed E-state index contributed by atoms with van der Waals surface area (Å²) in [4.78, 5) is 12.4. The third kappa shape index (κ3) is 4.38. The van der Waals surface area contributed by atoms with Crippen molar-refractivity contribution in [1.82, 2.24) is 14.8 Å². The lowest BCUT2D eigenvalue weighted by molar-refractivity contribution is -0.137. The third-order valence-corrected chi connectivity index (χ3v) is 5.26. The average Bonchev–Trinajstić information content (AvgIpc) is 2.81. The van der Waals surface area contributed by atoms with Crippen LogP contribution < -0.4 is 5.32 Å². The van der Waals surface area contributed by atoms with E-state index in [2.05, 4.69) is 15.5 Å². The molecular weight excluding hydrogens is 365 g/mol. The Labute approximate surface area is 153 Å². The number of hydrogen-bond acceptors (Lipinski definition) is 4. The summed E-state index contributed by atoms with van der Waals surface area (Å²) in [6.07, 6.45) is -0.310. The van der Waals surface area contributed by atoms with Crippen molar-refractivity contribution in [3.05, 3.63) is 35.7 Å². The molecule has 1 amide bonds. The Morgan fingerprint density at radius 3 is 2.85 bits per heavy atom. The molecular formula is C17H19F3N4OS. The van der Waals surface area contributed by atoms with Gasteiger partial charge in [-0.05, 0) is 38.0 Å². The molecule has 0 fully saturated rings. The summed E-state index contributed by atoms with van der Waals surface area (Å²) in [5, 5.41) is 11.1. The van der Waals surface area contributed by atoms with E-state index in [1.54, 1.807) is 6.92 Å². The maximum atomic E-state index is 12.8. The molecule has 0 aliphatic carbocycles. The summed E-state index contributed by atoms with van der Waals surface area (Å²) in [6.45, 7) is 2.53. The molecule has 5 nitrogen and oxygen atoms in total. The average molecular weight is 384 g/mol. The molecule has 9 heteroatoms. The lowest BCUT2D eigenvalue weighted by Crippen LogP contribution is -2.23. The van der Waals surface area contributed by atoms with Crippen LogP contribution in [0.1, 0.15) is 37.6 Å². The molecule has 0 spiro atoms. The molecule has 2 aromatic rings. The molecule has 0 radical (unpaired) electrons. The van der Waals surface area contributed by atoms with E-state index in [1.807, 2.05) is 4.57 Å². The summed E-state index contributed by atoms with van der Waals surface area (Å²) < 4.78 is 40.4. The Hall–Kier alpha value is -2.03. The molecule has 0 bridgehead atoms. The Bertz CT molecular complexity index is 791. The van der Waals surface area contributed by atoms with Gasteiger partial charge in [0.15, 0.2) is 5.16 Å². The number of aryl methyl sites for hydroxylation is 1. The van der Waals surface area contributed by atoms with Crippen LogP contribution in [-0.4, -0.2) is 25.9 Å². The van der Waals surface area contributed by atoms with Crippen LogP contribution >= 0.6 is 11.8 Å². The largest absolute Gasteiger partial charge is 0.416 e. The maximum absolute atomic E-state index is 12.8. The van der Waals surface area contributed by atoms with Crippen molar-refractivity contribution in [2.45, 2.75) is 55.7 Å². The van der Waals surface area contributed by atoms with E-state index >= 15 is 0 Å². The van der Waals surface area contributed by atoms with Crippen LogP contribution in [-0.2, 0) is 23.9 Å². The molecule has 0 saturated carbocycles. The first-order valence-electron chi connectivity index (χ1n) is 8.41. The number of benzene rings is 1. The minimum atomic E-state index is -4.44. The number of carbonyl (C=O) groups is 1. The fourth-order valence-corrected chi connectivity index (χ4v) is 3.67. The number of rotatable bonds is 4. The molecule has 2 heterocycles. The minimum absolute atomic E-state index is 0.123. The second kappa shape index (κ2) is 7.69. The number of thioether (sulfide) groups is 1. The lowest BCUT2D eigenvalue weighted by Gasteiger charge is -2.14. The van der Waals surface area contributed by atoms with Crippen LogP contribution in [0.15, 0.2) is 29.4 Å². The first-order valence-corrected chi connectivity index (χ1v) is 9.29. The zero-order valence-corrected chi connectivity index (χ0v) is 15.0. The van der Waals surface area contributed by atoms with Gasteiger partial charge in [0, 0.05) is 18.7 Å². The predicted octanol–water partition coefficient (Wildman–Crippen LogP) is 4.14. The first-order chi connectivity index (χ1) is 12.3. The SMILES string of the molecule is CC(Sc1nnc2n1CCCCC2)C(=O)Nc1cccc(C(F)(F)F)c1. The molecule has 1 aliphatic heterocycles. The zero-order valence-electron chi connectivity index (χ0n) is 14.2. The lowest BCUT2D eigenvalue weighted by atomic mass is 10.2. The number of anilines is 1. The van der Waals surface area contributed by atoms with Crippen molar-refractivity contribution < 1.29 is 18.0 Å². The molecule has 3 rings (SSSR count). The van der Waals surface area contributed by atoms with E-state index in [0.717, 1.165) is 50.2 Å². The highest BCUT2D eigenvalue weighted by Gasteiger charge is 2.30. The van der Waals surface area contributed by atoms with Gasteiger partial charge < -0.3 is 9.88 Å². The van der Waals surface area contributed by atoms with E-state index in [-0.39, 0.29) is 11.6 Å². The van der Waals surface area contributed by atoms with Gasteiger partial charge in [0.1, 0.15) is 5.82 Å². The Morgan fingerprint density at radius 2 is 2.08 bits per heavy atom. The van der Waals surface area contributed by atoms with Gasteiger partial charge >= 0.3 is 6.18 Å². The van der Waals surface area contributed by atoms with E-state index in [0.29, 0.717) is 5.16 Å². The molecule has 1 unspecified atom stereocenters. The zero-order chi connectivity index (χ0) is 18.7. The van der Waals surface area contributed by atoms with Gasteiger partial charge in [-0.25, -0.2) is 0 Å². The number of halogens is 3. The van der Waals surface area contributed by atoms with Crippen molar-refractivity contribution in [1.29, 1.82) is 0 Å². The quantitative estimate of drug-likeness (QED) is 0.805. The van der Waals surface area contributed by atoms with Gasteiger partial charge in [0.2, 0.25) is 5.91 Å². The molecule has 1 aromatic heterocycles. The normalized spacial score (nSPS) is 15.8. The standard InChI is InChI=1S/C17H19F3N4OS/c1-11(26-16-23-22-14-8-3-2-4-9-24(14)16)15(25)21-13-7-5-6-12(10-13)17(18,19)20/h5-7,10-11H,2-4,8-9H2,1H3,(H,21,25). The second-order valence-electron chi connectivity index (χ2n) is 6.19. The van der Waals surface area contributed by atoms with Gasteiger partial charge in [-0.2, -0.15) is 13.2 Å². The number of hydrogen-bond donors (Lipinski definition) is 1. The topological polar surface area (TPSA) is 59.8 Å². The van der Waals surface area contributed by atoms with Crippen molar-refractivity contribution >= 4 is 23.4 Å². The third-order valence-electron chi connectivity index (χ3n) is 4.18. The van der Waals surface area contributed by atoms with Gasteiger partial charge in [0.25, 0.3) is 0 Å². The number of aromatic nitrogens is 3. The summed E-state index contributed by atoms with van der Waals surface area (Å²) in [5.74, 6) is 0.552. The van der Waals surface area contributed by atoms with Crippen LogP contribution in [0.4, 0.5) is 18.9 Å². The van der Waals surface area contributed by atoms with Crippen molar-refractivity contribution in [3.63, 3.8) is 0 Å². The molecule has 1 aromatic carbocycles. The molecule has 1 aliphatic rings. The summed E-state index contributed by atoms with van der Waals surface area (Å²) in [7, 11) is 0. The number of fused-ring (bicyclic) bond motifs is 1. The van der Waals surface area contributed by atoms with Gasteiger partial charge in [-0.3, -0.25) is 4.79 Å². The molecule has 140 valence electrons. The highest BCUT2D eigenvalue weighted by Crippen LogP contribution is 2.31. The smallest absolute Gasteiger partial charge is 0.325 e. The summed E-state index contributed by atoms with van der Waals surface area (Å²) in [6, 6.07) is 4.61. The van der Waals surface area contributed by atoms with E-state index in [9.17, 15) is 18.0 Å². The maximum Gasteiger partial charge on any atom is 0.416 e. The van der Waals surface area contributed by atoms with Crippen LogP contribution in [0.5, 0.6) is 0 Å². The first kappa shape index (κ1) is 18.8. The Kier molecular flexibility index (Phi) is 5.55. The molecule has 26 heavy (non-hydrogen) atoms. The summed E-state index contributed by atoms with van der Waals surface area (Å²) in [5.41, 5.74) is -0.671. The van der Waals surface area contributed by atoms with E-state index < -0.39 is 17.0 Å². The predicted molar refractivity (Wildman–Crippen MR) is 93.0 cm³/mol. The van der Waals surface area contributed by atoms with Crippen molar-refractivity contribution in [2.75, 3.05) is 5.32 Å². The minimum Gasteiger partial charge on any atom is -0.325 e. The van der Waals surface area contributed by atoms with Crippen molar-refractivity contribution in [3.8, 4) is 0 Å².